The van der Waals surface area contributed by atoms with E-state index in [1.54, 1.807) is 11.8 Å². The predicted molar refractivity (Wildman–Crippen MR) is 52.1 cm³/mol. The summed E-state index contributed by atoms with van der Waals surface area (Å²) in [5.41, 5.74) is 0. The minimum atomic E-state index is -0.346. The fraction of sp³-hybridized carbons (Fsp3) is 1.00. The highest BCUT2D eigenvalue weighted by Gasteiger charge is 2.41. The number of thioether (sulfide) groups is 2. The summed E-state index contributed by atoms with van der Waals surface area (Å²) in [5, 5.41) is 10.7. The van der Waals surface area contributed by atoms with E-state index in [1.807, 2.05) is 11.8 Å². The van der Waals surface area contributed by atoms with Gasteiger partial charge in [-0.25, -0.2) is 0 Å². The first-order valence-electron chi connectivity index (χ1n) is 4.29. The van der Waals surface area contributed by atoms with Crippen molar-refractivity contribution in [1.29, 1.82) is 0 Å². The second-order valence-electron chi connectivity index (χ2n) is 3.30. The highest BCUT2D eigenvalue weighted by atomic mass is 32.2. The standard InChI is InChI=1S/C8H14OS2/c9-8-4-2-1-3-7(8)10-5-6-11-8/h7,9H,1-6H2. The first-order valence-corrected chi connectivity index (χ1v) is 6.33. The van der Waals surface area contributed by atoms with Gasteiger partial charge in [0.25, 0.3) is 0 Å². The quantitative estimate of drug-likeness (QED) is 0.631. The van der Waals surface area contributed by atoms with E-state index < -0.39 is 0 Å². The van der Waals surface area contributed by atoms with E-state index in [-0.39, 0.29) is 4.93 Å². The minimum Gasteiger partial charge on any atom is -0.378 e. The monoisotopic (exact) mass is 190 g/mol. The van der Waals surface area contributed by atoms with Gasteiger partial charge in [-0.05, 0) is 19.3 Å². The Morgan fingerprint density at radius 1 is 1.27 bits per heavy atom. The molecule has 11 heavy (non-hydrogen) atoms. The molecule has 0 spiro atoms. The van der Waals surface area contributed by atoms with Crippen LogP contribution >= 0.6 is 23.5 Å². The summed E-state index contributed by atoms with van der Waals surface area (Å²) >= 11 is 3.76. The fourth-order valence-electron chi connectivity index (χ4n) is 1.88. The largest absolute Gasteiger partial charge is 0.378 e. The number of hydrogen-bond donors (Lipinski definition) is 1. The van der Waals surface area contributed by atoms with Crippen LogP contribution in [0, 0.1) is 0 Å². The zero-order valence-electron chi connectivity index (χ0n) is 6.58. The van der Waals surface area contributed by atoms with E-state index >= 15 is 0 Å². The zero-order valence-corrected chi connectivity index (χ0v) is 8.22. The van der Waals surface area contributed by atoms with E-state index in [2.05, 4.69) is 0 Å². The Balaban J connectivity index is 2.06. The first-order chi connectivity index (χ1) is 5.31. The summed E-state index contributed by atoms with van der Waals surface area (Å²) in [5.74, 6) is 2.37. The topological polar surface area (TPSA) is 20.2 Å². The van der Waals surface area contributed by atoms with Crippen LogP contribution in [0.25, 0.3) is 0 Å². The zero-order chi connectivity index (χ0) is 7.73. The lowest BCUT2D eigenvalue weighted by Gasteiger charge is -2.42. The van der Waals surface area contributed by atoms with Gasteiger partial charge in [-0.2, -0.15) is 11.8 Å². The SMILES string of the molecule is OC12CCCCC1SCCS2. The van der Waals surface area contributed by atoms with Crippen molar-refractivity contribution in [2.75, 3.05) is 11.5 Å². The van der Waals surface area contributed by atoms with Gasteiger partial charge in [0, 0.05) is 16.8 Å². The highest BCUT2D eigenvalue weighted by molar-refractivity contribution is 8.07. The van der Waals surface area contributed by atoms with Crippen LogP contribution in [0.5, 0.6) is 0 Å². The van der Waals surface area contributed by atoms with Crippen molar-refractivity contribution in [2.24, 2.45) is 0 Å². The molecule has 1 aliphatic carbocycles. The Labute approximate surface area is 76.3 Å². The Morgan fingerprint density at radius 3 is 3.00 bits per heavy atom. The molecule has 1 saturated carbocycles. The van der Waals surface area contributed by atoms with Crippen molar-refractivity contribution < 1.29 is 5.11 Å². The minimum absolute atomic E-state index is 0.346. The summed E-state index contributed by atoms with van der Waals surface area (Å²) in [6.45, 7) is 0. The molecule has 1 nitrogen and oxygen atoms in total. The molecule has 1 heterocycles. The molecule has 3 heteroatoms. The van der Waals surface area contributed by atoms with Gasteiger partial charge in [0.2, 0.25) is 0 Å². The number of aliphatic hydroxyl groups is 1. The van der Waals surface area contributed by atoms with Gasteiger partial charge >= 0.3 is 0 Å². The summed E-state index contributed by atoms with van der Waals surface area (Å²) in [6.07, 6.45) is 4.80. The molecule has 0 aromatic heterocycles. The van der Waals surface area contributed by atoms with Crippen molar-refractivity contribution in [3.63, 3.8) is 0 Å². The van der Waals surface area contributed by atoms with E-state index in [0.717, 1.165) is 12.2 Å². The maximum absolute atomic E-state index is 10.1. The van der Waals surface area contributed by atoms with Crippen LogP contribution in [0.4, 0.5) is 0 Å². The molecular weight excluding hydrogens is 176 g/mol. The first kappa shape index (κ1) is 8.27. The third kappa shape index (κ3) is 1.56. The van der Waals surface area contributed by atoms with Crippen molar-refractivity contribution in [1.82, 2.24) is 0 Å². The lowest BCUT2D eigenvalue weighted by atomic mass is 9.96. The van der Waals surface area contributed by atoms with Crippen LogP contribution < -0.4 is 0 Å². The Bertz CT molecular complexity index is 137. The molecule has 0 aromatic carbocycles. The van der Waals surface area contributed by atoms with Crippen molar-refractivity contribution in [2.45, 2.75) is 35.9 Å². The molecule has 0 aromatic rings. The molecule has 2 unspecified atom stereocenters. The molecule has 2 rings (SSSR count). The molecule has 1 N–H and O–H groups in total. The summed E-state index contributed by atoms with van der Waals surface area (Å²) in [4.78, 5) is -0.346. The molecule has 2 fully saturated rings. The van der Waals surface area contributed by atoms with Crippen LogP contribution in [0.1, 0.15) is 25.7 Å². The highest BCUT2D eigenvalue weighted by Crippen LogP contribution is 2.47. The van der Waals surface area contributed by atoms with E-state index in [9.17, 15) is 5.11 Å². The Hall–Kier alpha value is 0.660. The Morgan fingerprint density at radius 2 is 2.18 bits per heavy atom. The molecule has 0 amide bonds. The molecule has 1 aliphatic heterocycles. The van der Waals surface area contributed by atoms with Gasteiger partial charge in [0.15, 0.2) is 0 Å². The van der Waals surface area contributed by atoms with Gasteiger partial charge in [0.1, 0.15) is 4.93 Å². The normalized spacial score (nSPS) is 45.0. The molecule has 0 radical (unpaired) electrons. The van der Waals surface area contributed by atoms with E-state index in [0.29, 0.717) is 5.25 Å². The lowest BCUT2D eigenvalue weighted by molar-refractivity contribution is 0.101. The van der Waals surface area contributed by atoms with Crippen LogP contribution in [0.3, 0.4) is 0 Å². The van der Waals surface area contributed by atoms with Crippen LogP contribution in [-0.2, 0) is 0 Å². The third-order valence-electron chi connectivity index (χ3n) is 2.51. The van der Waals surface area contributed by atoms with Gasteiger partial charge in [-0.15, -0.1) is 11.8 Å². The molecule has 2 atom stereocenters. The summed E-state index contributed by atoms with van der Waals surface area (Å²) in [6, 6.07) is 0. The molecule has 1 saturated heterocycles. The maximum atomic E-state index is 10.1. The number of hydrogen-bond acceptors (Lipinski definition) is 3. The van der Waals surface area contributed by atoms with Gasteiger partial charge in [-0.3, -0.25) is 0 Å². The third-order valence-corrected chi connectivity index (χ3v) is 5.78. The smallest absolute Gasteiger partial charge is 0.122 e. The second kappa shape index (κ2) is 3.19. The maximum Gasteiger partial charge on any atom is 0.122 e. The van der Waals surface area contributed by atoms with Crippen LogP contribution in [0.2, 0.25) is 0 Å². The molecule has 0 bridgehead atoms. The average molecular weight is 190 g/mol. The van der Waals surface area contributed by atoms with Crippen molar-refractivity contribution in [3.05, 3.63) is 0 Å². The van der Waals surface area contributed by atoms with Gasteiger partial charge in [-0.1, -0.05) is 6.42 Å². The summed E-state index contributed by atoms with van der Waals surface area (Å²) < 4.78 is 0. The van der Waals surface area contributed by atoms with Crippen LogP contribution in [-0.4, -0.2) is 26.8 Å². The summed E-state index contributed by atoms with van der Waals surface area (Å²) in [7, 11) is 0. The van der Waals surface area contributed by atoms with E-state index in [1.165, 1.54) is 25.0 Å². The van der Waals surface area contributed by atoms with Gasteiger partial charge < -0.3 is 5.11 Å². The van der Waals surface area contributed by atoms with Crippen molar-refractivity contribution >= 4 is 23.5 Å². The number of fused-ring (bicyclic) bond motifs is 1. The van der Waals surface area contributed by atoms with Crippen molar-refractivity contribution in [3.8, 4) is 0 Å². The predicted octanol–water partition coefficient (Wildman–Crippen LogP) is 2.10. The number of rotatable bonds is 0. The van der Waals surface area contributed by atoms with Gasteiger partial charge in [0.05, 0.1) is 0 Å². The average Bonchev–Trinajstić information content (AvgIpc) is 2.03. The molecule has 2 aliphatic rings. The Kier molecular flexibility index (Phi) is 2.40. The van der Waals surface area contributed by atoms with E-state index in [4.69, 9.17) is 0 Å². The molecule has 64 valence electrons. The second-order valence-corrected chi connectivity index (χ2v) is 6.01. The van der Waals surface area contributed by atoms with Crippen LogP contribution in [0.15, 0.2) is 0 Å². The fourth-order valence-corrected chi connectivity index (χ4v) is 4.95. The lowest BCUT2D eigenvalue weighted by Crippen LogP contribution is -2.42. The molecular formula is C8H14OS2.